The van der Waals surface area contributed by atoms with Crippen molar-refractivity contribution in [3.05, 3.63) is 23.8 Å². The lowest BCUT2D eigenvalue weighted by molar-refractivity contribution is 0.288. The average Bonchev–Trinajstić information content (AvgIpc) is 2.38. The predicted molar refractivity (Wildman–Crippen MR) is 69.1 cm³/mol. The van der Waals surface area contributed by atoms with Gasteiger partial charge in [0, 0.05) is 6.54 Å². The van der Waals surface area contributed by atoms with E-state index in [1.807, 2.05) is 0 Å². The summed E-state index contributed by atoms with van der Waals surface area (Å²) in [6.07, 6.45) is 2.42. The molecule has 100 valence electrons. The number of nitrogens with two attached hydrogens (primary N) is 1. The lowest BCUT2D eigenvalue weighted by atomic mass is 10.1. The number of hydrogen-bond donors (Lipinski definition) is 2. The Bertz CT molecular complexity index is 514. The first-order valence-corrected chi connectivity index (χ1v) is 7.57. The molecule has 0 aromatic heterocycles. The van der Waals surface area contributed by atoms with Gasteiger partial charge in [-0.25, -0.2) is 13.1 Å². The summed E-state index contributed by atoms with van der Waals surface area (Å²) in [5, 5.41) is 0. The number of benzene rings is 1. The second-order valence-corrected chi connectivity index (χ2v) is 6.03. The summed E-state index contributed by atoms with van der Waals surface area (Å²) < 4.78 is 32.0. The average molecular weight is 270 g/mol. The fourth-order valence-electron chi connectivity index (χ4n) is 1.90. The fraction of sp³-hybridized carbons (Fsp3) is 0.500. The van der Waals surface area contributed by atoms with Crippen molar-refractivity contribution in [3.8, 4) is 5.75 Å². The Hall–Kier alpha value is -1.11. The van der Waals surface area contributed by atoms with Crippen LogP contribution in [0.3, 0.4) is 0 Å². The third-order valence-electron chi connectivity index (χ3n) is 2.86. The summed E-state index contributed by atoms with van der Waals surface area (Å²) in [5.74, 6) is 0.794. The second-order valence-electron chi connectivity index (χ2n) is 4.26. The molecule has 1 aromatic carbocycles. The van der Waals surface area contributed by atoms with E-state index in [-0.39, 0.29) is 0 Å². The summed E-state index contributed by atoms with van der Waals surface area (Å²) in [4.78, 5) is 0.295. The molecule has 5 nitrogen and oxygen atoms in total. The summed E-state index contributed by atoms with van der Waals surface area (Å²) in [7, 11) is -3.43. The number of ether oxygens (including phenoxy) is 1. The van der Waals surface area contributed by atoms with E-state index >= 15 is 0 Å². The van der Waals surface area contributed by atoms with Gasteiger partial charge in [0.15, 0.2) is 0 Å². The normalized spacial score (nSPS) is 14.9. The molecule has 0 atom stereocenters. The van der Waals surface area contributed by atoms with Gasteiger partial charge in [0.25, 0.3) is 0 Å². The highest BCUT2D eigenvalue weighted by atomic mass is 32.2. The number of sulfonamides is 1. The monoisotopic (exact) mass is 270 g/mol. The molecule has 1 aliphatic heterocycles. The molecular weight excluding hydrogens is 252 g/mol. The van der Waals surface area contributed by atoms with E-state index in [4.69, 9.17) is 10.5 Å². The molecular formula is C12H18N2O3S. The summed E-state index contributed by atoms with van der Waals surface area (Å²) in [5.41, 5.74) is 6.30. The summed E-state index contributed by atoms with van der Waals surface area (Å²) >= 11 is 0. The predicted octanol–water partition coefficient (Wildman–Crippen LogP) is 0.639. The number of nitrogens with one attached hydrogen (secondary N) is 1. The van der Waals surface area contributed by atoms with Crippen LogP contribution in [0.4, 0.5) is 0 Å². The van der Waals surface area contributed by atoms with Crippen molar-refractivity contribution in [2.45, 2.75) is 24.2 Å². The quantitative estimate of drug-likeness (QED) is 0.769. The molecule has 0 saturated carbocycles. The molecule has 18 heavy (non-hydrogen) atoms. The van der Waals surface area contributed by atoms with Crippen molar-refractivity contribution in [2.75, 3.05) is 19.7 Å². The van der Waals surface area contributed by atoms with Crippen molar-refractivity contribution in [1.29, 1.82) is 0 Å². The summed E-state index contributed by atoms with van der Waals surface area (Å²) in [6, 6.07) is 5.00. The lowest BCUT2D eigenvalue weighted by Crippen LogP contribution is -2.26. The molecule has 1 aromatic rings. The molecule has 0 bridgehead atoms. The number of hydrogen-bond acceptors (Lipinski definition) is 4. The minimum Gasteiger partial charge on any atom is -0.493 e. The van der Waals surface area contributed by atoms with Gasteiger partial charge in [-0.1, -0.05) is 0 Å². The van der Waals surface area contributed by atoms with Crippen LogP contribution < -0.4 is 15.2 Å². The number of aryl methyl sites for hydroxylation is 1. The van der Waals surface area contributed by atoms with E-state index in [1.54, 1.807) is 18.2 Å². The molecule has 6 heteroatoms. The molecule has 0 fully saturated rings. The van der Waals surface area contributed by atoms with E-state index in [1.165, 1.54) is 0 Å². The third-order valence-corrected chi connectivity index (χ3v) is 4.32. The lowest BCUT2D eigenvalue weighted by Gasteiger charge is -2.18. The van der Waals surface area contributed by atoms with Gasteiger partial charge >= 0.3 is 0 Å². The maximum Gasteiger partial charge on any atom is 0.240 e. The van der Waals surface area contributed by atoms with Crippen molar-refractivity contribution in [2.24, 2.45) is 5.73 Å². The van der Waals surface area contributed by atoms with Gasteiger partial charge in [0.1, 0.15) is 5.75 Å². The maximum absolute atomic E-state index is 12.0. The Balaban J connectivity index is 2.17. The van der Waals surface area contributed by atoms with Gasteiger partial charge in [0.2, 0.25) is 10.0 Å². The van der Waals surface area contributed by atoms with Crippen molar-refractivity contribution < 1.29 is 13.2 Å². The smallest absolute Gasteiger partial charge is 0.240 e. The Morgan fingerprint density at radius 2 is 2.22 bits per heavy atom. The molecule has 2 rings (SSSR count). The van der Waals surface area contributed by atoms with E-state index in [0.717, 1.165) is 24.2 Å². The van der Waals surface area contributed by atoms with Gasteiger partial charge in [-0.05, 0) is 49.6 Å². The van der Waals surface area contributed by atoms with E-state index < -0.39 is 10.0 Å². The van der Waals surface area contributed by atoms with E-state index in [0.29, 0.717) is 31.0 Å². The minimum absolute atomic E-state index is 0.295. The zero-order chi connectivity index (χ0) is 13.0. The van der Waals surface area contributed by atoms with Crippen LogP contribution in [0, 0.1) is 0 Å². The molecule has 0 unspecified atom stereocenters. The van der Waals surface area contributed by atoms with E-state index in [9.17, 15) is 8.42 Å². The zero-order valence-corrected chi connectivity index (χ0v) is 11.0. The Labute approximate surface area is 107 Å². The van der Waals surface area contributed by atoms with Gasteiger partial charge in [-0.3, -0.25) is 0 Å². The van der Waals surface area contributed by atoms with Crippen LogP contribution in [-0.4, -0.2) is 28.1 Å². The molecule has 1 aliphatic rings. The summed E-state index contributed by atoms with van der Waals surface area (Å²) in [6.45, 7) is 1.54. The highest BCUT2D eigenvalue weighted by Crippen LogP contribution is 2.27. The number of rotatable bonds is 5. The Morgan fingerprint density at radius 1 is 1.39 bits per heavy atom. The van der Waals surface area contributed by atoms with Crippen LogP contribution in [0.2, 0.25) is 0 Å². The van der Waals surface area contributed by atoms with Crippen LogP contribution >= 0.6 is 0 Å². The van der Waals surface area contributed by atoms with Crippen LogP contribution in [0.5, 0.6) is 5.75 Å². The Kier molecular flexibility index (Phi) is 4.21. The third kappa shape index (κ3) is 3.01. The molecule has 0 saturated heterocycles. The van der Waals surface area contributed by atoms with Gasteiger partial charge < -0.3 is 10.5 Å². The SMILES string of the molecule is NCCCNS(=O)(=O)c1ccc2c(c1)CCCO2. The van der Waals surface area contributed by atoms with Crippen molar-refractivity contribution in [3.63, 3.8) is 0 Å². The topological polar surface area (TPSA) is 81.4 Å². The molecule has 0 spiro atoms. The molecule has 1 heterocycles. The largest absolute Gasteiger partial charge is 0.493 e. The molecule has 0 radical (unpaired) electrons. The van der Waals surface area contributed by atoms with Gasteiger partial charge in [-0.15, -0.1) is 0 Å². The van der Waals surface area contributed by atoms with Gasteiger partial charge in [0.05, 0.1) is 11.5 Å². The highest BCUT2D eigenvalue weighted by Gasteiger charge is 2.17. The van der Waals surface area contributed by atoms with Gasteiger partial charge in [-0.2, -0.15) is 0 Å². The van der Waals surface area contributed by atoms with Crippen LogP contribution in [0.1, 0.15) is 18.4 Å². The Morgan fingerprint density at radius 3 is 3.00 bits per heavy atom. The second kappa shape index (κ2) is 5.69. The number of fused-ring (bicyclic) bond motifs is 1. The first-order valence-electron chi connectivity index (χ1n) is 6.09. The van der Waals surface area contributed by atoms with E-state index in [2.05, 4.69) is 4.72 Å². The van der Waals surface area contributed by atoms with Crippen LogP contribution in [-0.2, 0) is 16.4 Å². The van der Waals surface area contributed by atoms with Crippen molar-refractivity contribution >= 4 is 10.0 Å². The maximum atomic E-state index is 12.0. The van der Waals surface area contributed by atoms with Crippen molar-refractivity contribution in [1.82, 2.24) is 4.72 Å². The van der Waals surface area contributed by atoms with Crippen LogP contribution in [0.25, 0.3) is 0 Å². The standard InChI is InChI=1S/C12H18N2O3S/c13-6-2-7-14-18(15,16)11-4-5-12-10(9-11)3-1-8-17-12/h4-5,9,14H,1-3,6-8,13H2. The molecule has 3 N–H and O–H groups in total. The highest BCUT2D eigenvalue weighted by molar-refractivity contribution is 7.89. The molecule has 0 aliphatic carbocycles. The fourth-order valence-corrected chi connectivity index (χ4v) is 3.02. The molecule has 0 amide bonds. The van der Waals surface area contributed by atoms with Crippen LogP contribution in [0.15, 0.2) is 23.1 Å². The zero-order valence-electron chi connectivity index (χ0n) is 10.2. The minimum atomic E-state index is -3.43. The first kappa shape index (κ1) is 13.3. The first-order chi connectivity index (χ1) is 8.63.